The summed E-state index contributed by atoms with van der Waals surface area (Å²) in [6.07, 6.45) is -9.19. The molecular weight excluding hydrogens is 461 g/mol. The SMILES string of the molecule is O=C(Nc1nc(C(F)(F)F)c(I)s1)c1ccc(C(F)(F)F)cc1. The molecule has 0 atom stereocenters. The third kappa shape index (κ3) is 4.34. The maximum atomic E-state index is 12.6. The first kappa shape index (κ1) is 18.0. The summed E-state index contributed by atoms with van der Waals surface area (Å²) in [6.45, 7) is 0. The summed E-state index contributed by atoms with van der Waals surface area (Å²) in [4.78, 5) is 15.1. The van der Waals surface area contributed by atoms with Crippen LogP contribution in [0.5, 0.6) is 0 Å². The molecule has 0 bridgehead atoms. The second-order valence-electron chi connectivity index (χ2n) is 4.17. The van der Waals surface area contributed by atoms with E-state index in [9.17, 15) is 31.1 Å². The van der Waals surface area contributed by atoms with Gasteiger partial charge in [0.1, 0.15) is 0 Å². The normalized spacial score (nSPS) is 12.3. The highest BCUT2D eigenvalue weighted by molar-refractivity contribution is 14.1. The lowest BCUT2D eigenvalue weighted by Gasteiger charge is -2.07. The standard InChI is InChI=1S/C12H5F6IN2OS/c13-11(14,15)6-3-1-5(2-4-6)9(22)21-10-20-7(8(19)23-10)12(16,17)18/h1-4H,(H,20,21,22). The van der Waals surface area contributed by atoms with E-state index in [1.54, 1.807) is 0 Å². The van der Waals surface area contributed by atoms with Crippen molar-refractivity contribution in [2.45, 2.75) is 12.4 Å². The van der Waals surface area contributed by atoms with Crippen molar-refractivity contribution in [2.24, 2.45) is 0 Å². The Balaban J connectivity index is 2.17. The Bertz CT molecular complexity index is 723. The average Bonchev–Trinajstić information content (AvgIpc) is 2.78. The molecule has 0 fully saturated rings. The van der Waals surface area contributed by atoms with Crippen LogP contribution in [0, 0.1) is 2.88 Å². The highest BCUT2D eigenvalue weighted by atomic mass is 127. The van der Waals surface area contributed by atoms with E-state index in [1.165, 1.54) is 22.6 Å². The van der Waals surface area contributed by atoms with Crippen LogP contribution in [0.15, 0.2) is 24.3 Å². The smallest absolute Gasteiger partial charge is 0.298 e. The second kappa shape index (κ2) is 6.26. The highest BCUT2D eigenvalue weighted by Gasteiger charge is 2.37. The molecular formula is C12H5F6IN2OS. The third-order valence-corrected chi connectivity index (χ3v) is 4.48. The van der Waals surface area contributed by atoms with Crippen molar-refractivity contribution in [3.63, 3.8) is 0 Å². The molecule has 1 aromatic carbocycles. The van der Waals surface area contributed by atoms with Gasteiger partial charge in [-0.2, -0.15) is 26.3 Å². The zero-order chi connectivity index (χ0) is 17.4. The number of alkyl halides is 6. The summed E-state index contributed by atoms with van der Waals surface area (Å²) >= 11 is 2.06. The van der Waals surface area contributed by atoms with Gasteiger partial charge in [-0.05, 0) is 46.9 Å². The van der Waals surface area contributed by atoms with Gasteiger partial charge >= 0.3 is 12.4 Å². The van der Waals surface area contributed by atoms with Crippen LogP contribution in [0.1, 0.15) is 21.6 Å². The first-order valence-electron chi connectivity index (χ1n) is 5.70. The fraction of sp³-hybridized carbons (Fsp3) is 0.167. The number of halogens is 7. The molecule has 0 spiro atoms. The summed E-state index contributed by atoms with van der Waals surface area (Å²) < 4.78 is 74.9. The predicted octanol–water partition coefficient (Wildman–Crippen LogP) is 5.04. The van der Waals surface area contributed by atoms with Gasteiger partial charge in [-0.15, -0.1) is 0 Å². The maximum absolute atomic E-state index is 12.6. The van der Waals surface area contributed by atoms with E-state index < -0.39 is 29.5 Å². The second-order valence-corrected chi connectivity index (χ2v) is 6.98. The molecule has 1 aromatic heterocycles. The van der Waals surface area contributed by atoms with E-state index in [4.69, 9.17) is 0 Å². The molecule has 3 nitrogen and oxygen atoms in total. The van der Waals surface area contributed by atoms with Crippen LogP contribution in [0.4, 0.5) is 31.5 Å². The van der Waals surface area contributed by atoms with Crippen molar-refractivity contribution in [3.05, 3.63) is 44.0 Å². The van der Waals surface area contributed by atoms with E-state index in [2.05, 4.69) is 10.3 Å². The van der Waals surface area contributed by atoms with E-state index in [0.29, 0.717) is 23.5 Å². The minimum absolute atomic E-state index is 0.128. The molecule has 2 rings (SSSR count). The molecule has 11 heteroatoms. The Morgan fingerprint density at radius 2 is 1.61 bits per heavy atom. The number of hydrogen-bond donors (Lipinski definition) is 1. The quantitative estimate of drug-likeness (QED) is 0.498. The fourth-order valence-corrected chi connectivity index (χ4v) is 3.27. The molecule has 0 aliphatic carbocycles. The van der Waals surface area contributed by atoms with Crippen molar-refractivity contribution in [3.8, 4) is 0 Å². The summed E-state index contributed by atoms with van der Waals surface area (Å²) in [5, 5.41) is 1.85. The van der Waals surface area contributed by atoms with E-state index in [0.717, 1.165) is 12.1 Å². The molecule has 1 heterocycles. The van der Waals surface area contributed by atoms with Crippen molar-refractivity contribution in [1.29, 1.82) is 0 Å². The van der Waals surface area contributed by atoms with Gasteiger partial charge in [0.05, 0.1) is 8.45 Å². The zero-order valence-electron chi connectivity index (χ0n) is 10.7. The molecule has 2 aromatic rings. The van der Waals surface area contributed by atoms with E-state index in [-0.39, 0.29) is 13.6 Å². The number of nitrogens with zero attached hydrogens (tertiary/aromatic N) is 1. The van der Waals surface area contributed by atoms with Gasteiger partial charge in [0.25, 0.3) is 5.91 Å². The van der Waals surface area contributed by atoms with E-state index in [1.807, 2.05) is 0 Å². The number of thiazole rings is 1. The Morgan fingerprint density at radius 1 is 1.04 bits per heavy atom. The lowest BCUT2D eigenvalue weighted by Crippen LogP contribution is -2.13. The van der Waals surface area contributed by atoms with E-state index >= 15 is 0 Å². The maximum Gasteiger partial charge on any atom is 0.435 e. The van der Waals surface area contributed by atoms with Gasteiger partial charge in [-0.25, -0.2) is 4.98 Å². The molecule has 0 aliphatic heterocycles. The topological polar surface area (TPSA) is 42.0 Å². The predicted molar refractivity (Wildman–Crippen MR) is 79.2 cm³/mol. The number of nitrogens with one attached hydrogen (secondary N) is 1. The highest BCUT2D eigenvalue weighted by Crippen LogP contribution is 2.37. The fourth-order valence-electron chi connectivity index (χ4n) is 1.51. The van der Waals surface area contributed by atoms with Crippen LogP contribution >= 0.6 is 33.9 Å². The van der Waals surface area contributed by atoms with Crippen LogP contribution in [0.3, 0.4) is 0 Å². The van der Waals surface area contributed by atoms with Crippen LogP contribution in [-0.4, -0.2) is 10.9 Å². The van der Waals surface area contributed by atoms with Crippen LogP contribution < -0.4 is 5.32 Å². The molecule has 1 amide bonds. The number of benzene rings is 1. The molecule has 0 saturated heterocycles. The van der Waals surface area contributed by atoms with Gasteiger partial charge in [-0.3, -0.25) is 10.1 Å². The van der Waals surface area contributed by atoms with Crippen molar-refractivity contribution in [1.82, 2.24) is 4.98 Å². The van der Waals surface area contributed by atoms with Gasteiger partial charge in [0.15, 0.2) is 10.8 Å². The number of amides is 1. The molecule has 0 aliphatic rings. The average molecular weight is 466 g/mol. The first-order chi connectivity index (χ1) is 10.5. The Hall–Kier alpha value is -1.37. The van der Waals surface area contributed by atoms with Gasteiger partial charge in [-0.1, -0.05) is 11.3 Å². The number of hydrogen-bond acceptors (Lipinski definition) is 3. The van der Waals surface area contributed by atoms with Gasteiger partial charge < -0.3 is 0 Å². The van der Waals surface area contributed by atoms with Crippen LogP contribution in [0.25, 0.3) is 0 Å². The number of rotatable bonds is 2. The van der Waals surface area contributed by atoms with Crippen LogP contribution in [0.2, 0.25) is 0 Å². The third-order valence-electron chi connectivity index (χ3n) is 2.55. The summed E-state index contributed by atoms with van der Waals surface area (Å²) in [5.41, 5.74) is -2.18. The largest absolute Gasteiger partial charge is 0.435 e. The number of aromatic nitrogens is 1. The van der Waals surface area contributed by atoms with Crippen molar-refractivity contribution in [2.75, 3.05) is 5.32 Å². The Labute approximate surface area is 142 Å². The summed E-state index contributed by atoms with van der Waals surface area (Å²) in [5.74, 6) is -0.849. The summed E-state index contributed by atoms with van der Waals surface area (Å²) in [7, 11) is 0. The Morgan fingerprint density at radius 3 is 2.04 bits per heavy atom. The Kier molecular flexibility index (Phi) is 4.89. The van der Waals surface area contributed by atoms with Gasteiger partial charge in [0.2, 0.25) is 0 Å². The number of anilines is 1. The molecule has 0 saturated carbocycles. The first-order valence-corrected chi connectivity index (χ1v) is 7.60. The molecule has 0 radical (unpaired) electrons. The molecule has 1 N–H and O–H groups in total. The van der Waals surface area contributed by atoms with Gasteiger partial charge in [0, 0.05) is 5.56 Å². The van der Waals surface area contributed by atoms with Crippen LogP contribution in [-0.2, 0) is 12.4 Å². The lowest BCUT2D eigenvalue weighted by atomic mass is 10.1. The summed E-state index contributed by atoms with van der Waals surface area (Å²) in [6, 6.07) is 3.28. The van der Waals surface area contributed by atoms with Crippen molar-refractivity contribution < 1.29 is 31.1 Å². The molecule has 23 heavy (non-hydrogen) atoms. The zero-order valence-corrected chi connectivity index (χ0v) is 13.7. The minimum atomic E-state index is -4.65. The molecule has 124 valence electrons. The van der Waals surface area contributed by atoms with Crippen molar-refractivity contribution >= 4 is 45.0 Å². The number of carbonyl (C=O) groups excluding carboxylic acids is 1. The number of carbonyl (C=O) groups is 1. The lowest BCUT2D eigenvalue weighted by molar-refractivity contribution is -0.141. The molecule has 0 unspecified atom stereocenters. The monoisotopic (exact) mass is 466 g/mol. The minimum Gasteiger partial charge on any atom is -0.298 e.